The lowest BCUT2D eigenvalue weighted by molar-refractivity contribution is -0.138. The second-order valence-electron chi connectivity index (χ2n) is 10.2. The molecule has 2 N–H and O–H groups in total. The maximum absolute atomic E-state index is 14.1. The number of hydrogen-bond acceptors (Lipinski definition) is 7. The Kier molecular flexibility index (Phi) is 9.83. The van der Waals surface area contributed by atoms with Crippen LogP contribution in [0.25, 0.3) is 0 Å². The van der Waals surface area contributed by atoms with Crippen molar-refractivity contribution >= 4 is 29.0 Å². The highest BCUT2D eigenvalue weighted by molar-refractivity contribution is 6.29. The SMILES string of the molecule is COc1ccc(CN2CCN(Cc3ccc(NC(=O)Nc4ccc(Oc5cc(Cl)ncn5)cc4)cc3C(F)(F)F)CC2)cc1. The molecular weight excluding hydrogens is 597 g/mol. The Labute approximate surface area is 257 Å². The first kappa shape index (κ1) is 31.0. The summed E-state index contributed by atoms with van der Waals surface area (Å²) in [7, 11) is 1.62. The van der Waals surface area contributed by atoms with Crippen molar-refractivity contribution in [2.45, 2.75) is 19.3 Å². The van der Waals surface area contributed by atoms with E-state index in [1.54, 1.807) is 31.4 Å². The molecular formula is C31H30ClF3N6O3. The summed E-state index contributed by atoms with van der Waals surface area (Å²) in [6.45, 7) is 3.71. The van der Waals surface area contributed by atoms with Crippen LogP contribution in [0, 0.1) is 0 Å². The summed E-state index contributed by atoms with van der Waals surface area (Å²) in [6, 6.07) is 18.9. The van der Waals surface area contributed by atoms with Crippen LogP contribution in [0.5, 0.6) is 17.4 Å². The van der Waals surface area contributed by atoms with E-state index in [9.17, 15) is 18.0 Å². The second kappa shape index (κ2) is 13.9. The van der Waals surface area contributed by atoms with E-state index in [4.69, 9.17) is 21.1 Å². The van der Waals surface area contributed by atoms with Crippen LogP contribution in [0.4, 0.5) is 29.3 Å². The van der Waals surface area contributed by atoms with Crippen LogP contribution in [0.1, 0.15) is 16.7 Å². The van der Waals surface area contributed by atoms with Gasteiger partial charge >= 0.3 is 12.2 Å². The van der Waals surface area contributed by atoms with Crippen molar-refractivity contribution in [3.05, 3.63) is 101 Å². The Hall–Kier alpha value is -4.39. The summed E-state index contributed by atoms with van der Waals surface area (Å²) in [5.41, 5.74) is 0.980. The summed E-state index contributed by atoms with van der Waals surface area (Å²) < 4.78 is 52.9. The Morgan fingerprint density at radius 2 is 1.45 bits per heavy atom. The number of benzene rings is 3. The van der Waals surface area contributed by atoms with Gasteiger partial charge < -0.3 is 20.1 Å². The van der Waals surface area contributed by atoms with Crippen LogP contribution in [-0.4, -0.2) is 59.1 Å². The van der Waals surface area contributed by atoms with Crippen LogP contribution in [0.2, 0.25) is 5.15 Å². The van der Waals surface area contributed by atoms with Crippen molar-refractivity contribution in [2.75, 3.05) is 43.9 Å². The van der Waals surface area contributed by atoms with E-state index >= 15 is 0 Å². The number of carbonyl (C=O) groups is 1. The number of nitrogens with zero attached hydrogens (tertiary/aromatic N) is 4. The smallest absolute Gasteiger partial charge is 0.416 e. The first-order valence-electron chi connectivity index (χ1n) is 13.8. The zero-order chi connectivity index (χ0) is 31.1. The predicted molar refractivity (Wildman–Crippen MR) is 161 cm³/mol. The minimum absolute atomic E-state index is 0.0310. The number of rotatable bonds is 9. The summed E-state index contributed by atoms with van der Waals surface area (Å²) in [5.74, 6) is 1.48. The largest absolute Gasteiger partial charge is 0.497 e. The van der Waals surface area contributed by atoms with Crippen LogP contribution < -0.4 is 20.1 Å². The van der Waals surface area contributed by atoms with E-state index in [1.165, 1.54) is 24.5 Å². The van der Waals surface area contributed by atoms with Crippen molar-refractivity contribution in [2.24, 2.45) is 0 Å². The van der Waals surface area contributed by atoms with Gasteiger partial charge in [-0.25, -0.2) is 14.8 Å². The van der Waals surface area contributed by atoms with Gasteiger partial charge in [-0.05, 0) is 59.7 Å². The third-order valence-corrected chi connectivity index (χ3v) is 7.25. The van der Waals surface area contributed by atoms with Gasteiger partial charge in [-0.15, -0.1) is 0 Å². The van der Waals surface area contributed by atoms with Crippen molar-refractivity contribution in [3.63, 3.8) is 0 Å². The second-order valence-corrected chi connectivity index (χ2v) is 10.5. The highest BCUT2D eigenvalue weighted by Gasteiger charge is 2.34. The van der Waals surface area contributed by atoms with E-state index in [1.807, 2.05) is 29.2 Å². The number of piperazine rings is 1. The Morgan fingerprint density at radius 3 is 2.09 bits per heavy atom. The fourth-order valence-electron chi connectivity index (χ4n) is 4.79. The molecule has 0 atom stereocenters. The molecule has 2 heterocycles. The third kappa shape index (κ3) is 8.59. The number of alkyl halides is 3. The topological polar surface area (TPSA) is 91.9 Å². The van der Waals surface area contributed by atoms with Gasteiger partial charge in [0.15, 0.2) is 0 Å². The highest BCUT2D eigenvalue weighted by Crippen LogP contribution is 2.35. The van der Waals surface area contributed by atoms with E-state index < -0.39 is 17.8 Å². The summed E-state index contributed by atoms with van der Waals surface area (Å²) >= 11 is 5.83. The van der Waals surface area contributed by atoms with Gasteiger partial charge in [0.1, 0.15) is 23.0 Å². The predicted octanol–water partition coefficient (Wildman–Crippen LogP) is 6.91. The fourth-order valence-corrected chi connectivity index (χ4v) is 4.92. The molecule has 2 amide bonds. The van der Waals surface area contributed by atoms with Gasteiger partial charge in [-0.2, -0.15) is 13.2 Å². The number of amides is 2. The molecule has 0 aliphatic carbocycles. The van der Waals surface area contributed by atoms with Gasteiger partial charge in [0.25, 0.3) is 0 Å². The zero-order valence-corrected chi connectivity index (χ0v) is 24.5. The van der Waals surface area contributed by atoms with Crippen LogP contribution >= 0.6 is 11.6 Å². The summed E-state index contributed by atoms with van der Waals surface area (Å²) in [4.78, 5) is 24.6. The molecule has 230 valence electrons. The monoisotopic (exact) mass is 626 g/mol. The molecule has 1 saturated heterocycles. The third-order valence-electron chi connectivity index (χ3n) is 7.04. The van der Waals surface area contributed by atoms with E-state index in [0.717, 1.165) is 37.0 Å². The number of hydrogen-bond donors (Lipinski definition) is 2. The van der Waals surface area contributed by atoms with Crippen LogP contribution in [0.15, 0.2) is 79.1 Å². The lowest BCUT2D eigenvalue weighted by atomic mass is 10.0. The normalized spacial score (nSPS) is 14.2. The Morgan fingerprint density at radius 1 is 0.841 bits per heavy atom. The molecule has 3 aromatic carbocycles. The highest BCUT2D eigenvalue weighted by atomic mass is 35.5. The van der Waals surface area contributed by atoms with Crippen molar-refractivity contribution < 1.29 is 27.4 Å². The lowest BCUT2D eigenvalue weighted by Crippen LogP contribution is -2.45. The molecule has 13 heteroatoms. The van der Waals surface area contributed by atoms with Gasteiger partial charge in [-0.3, -0.25) is 9.80 Å². The molecule has 9 nitrogen and oxygen atoms in total. The van der Waals surface area contributed by atoms with Crippen LogP contribution in [0.3, 0.4) is 0 Å². The molecule has 1 fully saturated rings. The van der Waals surface area contributed by atoms with Crippen molar-refractivity contribution in [1.82, 2.24) is 19.8 Å². The van der Waals surface area contributed by atoms with E-state index in [2.05, 4.69) is 25.5 Å². The van der Waals surface area contributed by atoms with Gasteiger partial charge in [0.05, 0.1) is 12.7 Å². The molecule has 0 unspecified atom stereocenters. The van der Waals surface area contributed by atoms with Crippen molar-refractivity contribution in [3.8, 4) is 17.4 Å². The molecule has 1 aliphatic rings. The quantitative estimate of drug-likeness (QED) is 0.195. The number of aromatic nitrogens is 2. The maximum Gasteiger partial charge on any atom is 0.416 e. The maximum atomic E-state index is 14.1. The molecule has 0 bridgehead atoms. The number of carbonyl (C=O) groups excluding carboxylic acids is 1. The number of methoxy groups -OCH3 is 1. The fraction of sp³-hybridized carbons (Fsp3) is 0.258. The Balaban J connectivity index is 1.15. The number of anilines is 2. The molecule has 0 saturated carbocycles. The molecule has 1 aliphatic heterocycles. The van der Waals surface area contributed by atoms with E-state index in [-0.39, 0.29) is 28.8 Å². The molecule has 0 spiro atoms. The molecule has 4 aromatic rings. The molecule has 44 heavy (non-hydrogen) atoms. The van der Waals surface area contributed by atoms with E-state index in [0.29, 0.717) is 24.5 Å². The number of halogens is 4. The van der Waals surface area contributed by atoms with Gasteiger partial charge in [-0.1, -0.05) is 29.8 Å². The average molecular weight is 627 g/mol. The first-order valence-corrected chi connectivity index (χ1v) is 14.1. The Bertz CT molecular complexity index is 1560. The van der Waals surface area contributed by atoms with Gasteiger partial charge in [0, 0.05) is 56.7 Å². The molecule has 1 aromatic heterocycles. The average Bonchev–Trinajstić information content (AvgIpc) is 3.00. The van der Waals surface area contributed by atoms with Gasteiger partial charge in [0.2, 0.25) is 5.88 Å². The summed E-state index contributed by atoms with van der Waals surface area (Å²) in [5, 5.41) is 5.32. The van der Waals surface area contributed by atoms with Crippen molar-refractivity contribution in [1.29, 1.82) is 0 Å². The minimum Gasteiger partial charge on any atom is -0.497 e. The first-order chi connectivity index (χ1) is 21.1. The number of ether oxygens (including phenoxy) is 2. The standard InChI is InChI=1S/C31H30ClF3N6O3/c1-43-25-8-2-21(3-9-25)18-40-12-14-41(15-13-40)19-22-4-5-24(16-27(22)31(33,34)35)39-30(42)38-23-6-10-26(11-7-23)44-29-17-28(32)36-20-37-29/h2-11,16-17,20H,12-15,18-19H2,1H3,(H2,38,39,42). The molecule has 5 rings (SSSR count). The number of urea groups is 1. The minimum atomic E-state index is -4.58. The lowest BCUT2D eigenvalue weighted by Gasteiger charge is -2.35. The zero-order valence-electron chi connectivity index (χ0n) is 23.8. The van der Waals surface area contributed by atoms with Crippen LogP contribution in [-0.2, 0) is 19.3 Å². The molecule has 0 radical (unpaired) electrons. The summed E-state index contributed by atoms with van der Waals surface area (Å²) in [6.07, 6.45) is -3.31. The number of nitrogens with one attached hydrogen (secondary N) is 2.